The maximum atomic E-state index is 4.63. The molecule has 1 rings (SSSR count). The van der Waals surface area contributed by atoms with Crippen molar-refractivity contribution in [3.05, 3.63) is 30.7 Å². The lowest BCUT2D eigenvalue weighted by Gasteiger charge is -1.93. The Morgan fingerprint density at radius 1 is 1.80 bits per heavy atom. The van der Waals surface area contributed by atoms with Gasteiger partial charge in [0.25, 0.3) is 0 Å². The van der Waals surface area contributed by atoms with Gasteiger partial charge >= 0.3 is 0 Å². The Kier molecular flexibility index (Phi) is 2.70. The molecule has 1 heterocycles. The third-order valence-electron chi connectivity index (χ3n) is 1.09. The fraction of sp³-hybridized carbons (Fsp3) is 0.286. The first-order valence-electron chi connectivity index (χ1n) is 3.14. The van der Waals surface area contributed by atoms with Gasteiger partial charge in [-0.15, -0.1) is 6.58 Å². The van der Waals surface area contributed by atoms with E-state index in [1.54, 1.807) is 12.3 Å². The molecule has 1 aromatic heterocycles. The fourth-order valence-electron chi connectivity index (χ4n) is 0.631. The molecule has 0 atom stereocenters. The van der Waals surface area contributed by atoms with Crippen molar-refractivity contribution in [3.63, 3.8) is 0 Å². The highest BCUT2D eigenvalue weighted by Gasteiger charge is 1.91. The van der Waals surface area contributed by atoms with Crippen molar-refractivity contribution in [2.45, 2.75) is 6.54 Å². The van der Waals surface area contributed by atoms with Crippen LogP contribution in [0.1, 0.15) is 5.69 Å². The van der Waals surface area contributed by atoms with Gasteiger partial charge in [-0.2, -0.15) is 0 Å². The summed E-state index contributed by atoms with van der Waals surface area (Å²) in [6.45, 7) is 5.11. The maximum absolute atomic E-state index is 4.63. The van der Waals surface area contributed by atoms with Crippen LogP contribution >= 0.6 is 0 Å². The maximum Gasteiger partial charge on any atom is 0.124 e. The number of aromatic nitrogens is 1. The van der Waals surface area contributed by atoms with Gasteiger partial charge in [0.2, 0.25) is 0 Å². The zero-order valence-corrected chi connectivity index (χ0v) is 5.71. The number of rotatable bonds is 4. The highest BCUT2D eigenvalue weighted by atomic mass is 16.5. The number of hydrogen-bond acceptors (Lipinski definition) is 3. The molecule has 0 aliphatic carbocycles. The standard InChI is InChI=1S/C7H10N2O/c1-2-4-8-6-7-3-5-10-9-7/h2-3,5,8H,1,4,6H2. The van der Waals surface area contributed by atoms with E-state index in [1.165, 1.54) is 0 Å². The van der Waals surface area contributed by atoms with Gasteiger partial charge in [0.15, 0.2) is 0 Å². The topological polar surface area (TPSA) is 38.1 Å². The van der Waals surface area contributed by atoms with Crippen molar-refractivity contribution in [1.29, 1.82) is 0 Å². The van der Waals surface area contributed by atoms with Crippen LogP contribution in [0.5, 0.6) is 0 Å². The van der Waals surface area contributed by atoms with Crippen LogP contribution in [-0.2, 0) is 6.54 Å². The summed E-state index contributed by atoms with van der Waals surface area (Å²) in [5.41, 5.74) is 0.918. The first-order chi connectivity index (χ1) is 4.93. The molecule has 3 nitrogen and oxygen atoms in total. The van der Waals surface area contributed by atoms with Crippen LogP contribution in [0.2, 0.25) is 0 Å². The normalized spacial score (nSPS) is 9.60. The van der Waals surface area contributed by atoms with E-state index in [2.05, 4.69) is 21.6 Å². The largest absolute Gasteiger partial charge is 0.364 e. The lowest BCUT2D eigenvalue weighted by Crippen LogP contribution is -2.12. The second kappa shape index (κ2) is 3.85. The van der Waals surface area contributed by atoms with Crippen LogP contribution in [0, 0.1) is 0 Å². The summed E-state index contributed by atoms with van der Waals surface area (Å²) in [5, 5.41) is 6.81. The summed E-state index contributed by atoms with van der Waals surface area (Å²) in [6, 6.07) is 1.83. The van der Waals surface area contributed by atoms with Crippen LogP contribution in [0.25, 0.3) is 0 Å². The molecule has 10 heavy (non-hydrogen) atoms. The third-order valence-corrected chi connectivity index (χ3v) is 1.09. The van der Waals surface area contributed by atoms with Crippen molar-refractivity contribution >= 4 is 0 Å². The van der Waals surface area contributed by atoms with E-state index in [0.29, 0.717) is 0 Å². The molecule has 3 heteroatoms. The molecule has 0 spiro atoms. The Morgan fingerprint density at radius 2 is 2.70 bits per heavy atom. The summed E-state index contributed by atoms with van der Waals surface area (Å²) in [5.74, 6) is 0. The Hall–Kier alpha value is -1.09. The van der Waals surface area contributed by atoms with Gasteiger partial charge < -0.3 is 9.84 Å². The van der Waals surface area contributed by atoms with E-state index in [1.807, 2.05) is 6.07 Å². The fourth-order valence-corrected chi connectivity index (χ4v) is 0.631. The summed E-state index contributed by atoms with van der Waals surface area (Å²) in [4.78, 5) is 0. The summed E-state index contributed by atoms with van der Waals surface area (Å²) < 4.78 is 4.63. The molecule has 54 valence electrons. The smallest absolute Gasteiger partial charge is 0.124 e. The molecule has 0 aliphatic heterocycles. The van der Waals surface area contributed by atoms with Gasteiger partial charge in [-0.1, -0.05) is 11.2 Å². The Morgan fingerprint density at radius 3 is 3.30 bits per heavy atom. The zero-order valence-electron chi connectivity index (χ0n) is 5.71. The average Bonchev–Trinajstić information content (AvgIpc) is 2.41. The van der Waals surface area contributed by atoms with Gasteiger partial charge in [-0.05, 0) is 0 Å². The Bertz CT molecular complexity index is 181. The minimum absolute atomic E-state index is 0.739. The van der Waals surface area contributed by atoms with Gasteiger partial charge in [0.1, 0.15) is 6.26 Å². The quantitative estimate of drug-likeness (QED) is 0.497. The van der Waals surface area contributed by atoms with Crippen molar-refractivity contribution in [3.8, 4) is 0 Å². The average molecular weight is 138 g/mol. The summed E-state index contributed by atoms with van der Waals surface area (Å²) >= 11 is 0. The summed E-state index contributed by atoms with van der Waals surface area (Å²) in [6.07, 6.45) is 3.37. The predicted octanol–water partition coefficient (Wildman–Crippen LogP) is 0.950. The van der Waals surface area contributed by atoms with Crippen LogP contribution in [-0.4, -0.2) is 11.7 Å². The first kappa shape index (κ1) is 7.02. The van der Waals surface area contributed by atoms with E-state index < -0.39 is 0 Å². The molecule has 0 amide bonds. The third kappa shape index (κ3) is 2.03. The van der Waals surface area contributed by atoms with Crippen molar-refractivity contribution in [2.75, 3.05) is 6.54 Å². The van der Waals surface area contributed by atoms with Gasteiger partial charge in [0.05, 0.1) is 5.69 Å². The monoisotopic (exact) mass is 138 g/mol. The summed E-state index contributed by atoms with van der Waals surface area (Å²) in [7, 11) is 0. The number of hydrogen-bond donors (Lipinski definition) is 1. The van der Waals surface area contributed by atoms with Crippen LogP contribution < -0.4 is 5.32 Å². The van der Waals surface area contributed by atoms with E-state index in [0.717, 1.165) is 18.8 Å². The first-order valence-corrected chi connectivity index (χ1v) is 3.14. The minimum atomic E-state index is 0.739. The Labute approximate surface area is 59.7 Å². The zero-order chi connectivity index (χ0) is 7.23. The van der Waals surface area contributed by atoms with Crippen molar-refractivity contribution in [1.82, 2.24) is 10.5 Å². The molecule has 0 bridgehead atoms. The second-order valence-electron chi connectivity index (χ2n) is 1.91. The van der Waals surface area contributed by atoms with E-state index in [-0.39, 0.29) is 0 Å². The molecule has 0 saturated carbocycles. The molecule has 1 aromatic rings. The molecular weight excluding hydrogens is 128 g/mol. The van der Waals surface area contributed by atoms with Gasteiger partial charge in [-0.25, -0.2) is 0 Å². The molecule has 0 aliphatic rings. The number of nitrogens with one attached hydrogen (secondary N) is 1. The predicted molar refractivity (Wildman–Crippen MR) is 38.4 cm³/mol. The number of nitrogens with zero attached hydrogens (tertiary/aromatic N) is 1. The van der Waals surface area contributed by atoms with Crippen LogP contribution in [0.15, 0.2) is 29.5 Å². The van der Waals surface area contributed by atoms with E-state index in [9.17, 15) is 0 Å². The van der Waals surface area contributed by atoms with Crippen molar-refractivity contribution < 1.29 is 4.52 Å². The highest BCUT2D eigenvalue weighted by molar-refractivity contribution is 4.94. The van der Waals surface area contributed by atoms with Crippen molar-refractivity contribution in [2.24, 2.45) is 0 Å². The Balaban J connectivity index is 2.21. The minimum Gasteiger partial charge on any atom is -0.364 e. The second-order valence-corrected chi connectivity index (χ2v) is 1.91. The van der Waals surface area contributed by atoms with Gasteiger partial charge in [-0.3, -0.25) is 0 Å². The SMILES string of the molecule is C=CCNCc1ccon1. The van der Waals surface area contributed by atoms with E-state index >= 15 is 0 Å². The molecule has 0 aromatic carbocycles. The van der Waals surface area contributed by atoms with E-state index in [4.69, 9.17) is 0 Å². The molecular formula is C7H10N2O. The lowest BCUT2D eigenvalue weighted by atomic mass is 10.4. The molecule has 0 radical (unpaired) electrons. The molecule has 0 saturated heterocycles. The lowest BCUT2D eigenvalue weighted by molar-refractivity contribution is 0.409. The van der Waals surface area contributed by atoms with Crippen LogP contribution in [0.3, 0.4) is 0 Å². The molecule has 0 fully saturated rings. The highest BCUT2D eigenvalue weighted by Crippen LogP contribution is 1.91. The molecule has 1 N–H and O–H groups in total. The van der Waals surface area contributed by atoms with Gasteiger partial charge in [0, 0.05) is 19.2 Å². The van der Waals surface area contributed by atoms with Crippen LogP contribution in [0.4, 0.5) is 0 Å². The molecule has 0 unspecified atom stereocenters.